The molecule has 0 saturated heterocycles. The lowest BCUT2D eigenvalue weighted by atomic mass is 10.1. The van der Waals surface area contributed by atoms with Crippen molar-refractivity contribution in [2.45, 2.75) is 27.7 Å². The highest BCUT2D eigenvalue weighted by atomic mass is 15.0. The van der Waals surface area contributed by atoms with Crippen molar-refractivity contribution in [3.8, 4) is 0 Å². The summed E-state index contributed by atoms with van der Waals surface area (Å²) in [4.78, 5) is 0. The number of allylic oxidation sites excluding steroid dienone is 10. The molecule has 2 aliphatic rings. The zero-order chi connectivity index (χ0) is 18.3. The molecular formula is C24H24N2+2. The molecule has 0 N–H and O–H groups in total. The molecule has 0 saturated carbocycles. The van der Waals surface area contributed by atoms with Crippen molar-refractivity contribution < 1.29 is 9.13 Å². The molecule has 26 heavy (non-hydrogen) atoms. The van der Waals surface area contributed by atoms with E-state index in [1.165, 1.54) is 45.1 Å². The third-order valence-corrected chi connectivity index (χ3v) is 5.52. The number of fused-ring (bicyclic) bond motifs is 2. The lowest BCUT2D eigenvalue weighted by molar-refractivity contribution is -0.578. The topological polar surface area (TPSA) is 7.76 Å². The monoisotopic (exact) mass is 340 g/mol. The average molecular weight is 340 g/mol. The first-order chi connectivity index (χ1) is 12.6. The van der Waals surface area contributed by atoms with Gasteiger partial charge in [0, 0.05) is 58.7 Å². The third-order valence-electron chi connectivity index (χ3n) is 5.52. The standard InChI is InChI=1S/C24H24N2/c1-17-19(3)23-13-7-9-15-25(23)21(17)11-5-6-12-22-18(2)20(4)24-14-8-10-16-26(22)24/h5-16H,1-4H3/q+2/b6-5-,21-11-,22-12-. The second kappa shape index (κ2) is 6.38. The van der Waals surface area contributed by atoms with Crippen molar-refractivity contribution in [1.29, 1.82) is 0 Å². The van der Waals surface area contributed by atoms with E-state index < -0.39 is 0 Å². The Kier molecular flexibility index (Phi) is 4.04. The summed E-state index contributed by atoms with van der Waals surface area (Å²) < 4.78 is 4.52. The van der Waals surface area contributed by atoms with Gasteiger partial charge in [0.25, 0.3) is 0 Å². The second-order valence-corrected chi connectivity index (χ2v) is 6.90. The molecule has 4 rings (SSSR count). The Morgan fingerprint density at radius 2 is 1.00 bits per heavy atom. The summed E-state index contributed by atoms with van der Waals surface area (Å²) in [7, 11) is 0. The predicted octanol–water partition coefficient (Wildman–Crippen LogP) is 4.81. The number of hydrogen-bond donors (Lipinski definition) is 0. The molecule has 2 heteroatoms. The summed E-state index contributed by atoms with van der Waals surface area (Å²) in [5, 5.41) is 0. The summed E-state index contributed by atoms with van der Waals surface area (Å²) in [6, 6.07) is 12.7. The van der Waals surface area contributed by atoms with Crippen molar-refractivity contribution in [3.05, 3.63) is 95.6 Å². The number of aromatic nitrogens is 2. The van der Waals surface area contributed by atoms with Gasteiger partial charge in [0.1, 0.15) is 0 Å². The summed E-state index contributed by atoms with van der Waals surface area (Å²) in [6.07, 6.45) is 12.9. The Morgan fingerprint density at radius 1 is 0.577 bits per heavy atom. The van der Waals surface area contributed by atoms with Crippen molar-refractivity contribution in [2.24, 2.45) is 0 Å². The van der Waals surface area contributed by atoms with Crippen LogP contribution in [0.4, 0.5) is 0 Å². The van der Waals surface area contributed by atoms with Gasteiger partial charge in [-0.1, -0.05) is 12.2 Å². The van der Waals surface area contributed by atoms with E-state index in [0.29, 0.717) is 0 Å². The van der Waals surface area contributed by atoms with Crippen LogP contribution in [-0.2, 0) is 0 Å². The molecule has 128 valence electrons. The van der Waals surface area contributed by atoms with Gasteiger partial charge in [0.05, 0.1) is 0 Å². The molecule has 2 aromatic heterocycles. The van der Waals surface area contributed by atoms with Gasteiger partial charge in [0.15, 0.2) is 12.4 Å². The molecule has 0 aromatic carbocycles. The molecule has 0 aliphatic carbocycles. The maximum atomic E-state index is 2.26. The number of nitrogens with zero attached hydrogens (tertiary/aromatic N) is 2. The maximum Gasteiger partial charge on any atom is 0.214 e. The first-order valence-corrected chi connectivity index (χ1v) is 9.07. The molecule has 2 aliphatic heterocycles. The lowest BCUT2D eigenvalue weighted by Gasteiger charge is -1.95. The molecule has 0 atom stereocenters. The molecule has 0 spiro atoms. The van der Waals surface area contributed by atoms with Crippen molar-refractivity contribution in [1.82, 2.24) is 0 Å². The Balaban J connectivity index is 1.67. The Morgan fingerprint density at radius 3 is 1.42 bits per heavy atom. The van der Waals surface area contributed by atoms with Crippen molar-refractivity contribution >= 4 is 22.5 Å². The molecule has 2 aromatic rings. The van der Waals surface area contributed by atoms with Crippen LogP contribution >= 0.6 is 0 Å². The van der Waals surface area contributed by atoms with E-state index in [-0.39, 0.29) is 0 Å². The van der Waals surface area contributed by atoms with Crippen LogP contribution in [0.5, 0.6) is 0 Å². The van der Waals surface area contributed by atoms with E-state index in [1.54, 1.807) is 0 Å². The van der Waals surface area contributed by atoms with Gasteiger partial charge in [-0.05, 0) is 39.8 Å². The Bertz CT molecular complexity index is 974. The van der Waals surface area contributed by atoms with Crippen LogP contribution in [0.25, 0.3) is 22.5 Å². The van der Waals surface area contributed by atoms with E-state index in [4.69, 9.17) is 0 Å². The highest BCUT2D eigenvalue weighted by Gasteiger charge is 2.29. The largest absolute Gasteiger partial charge is 0.214 e. The van der Waals surface area contributed by atoms with Gasteiger partial charge < -0.3 is 0 Å². The van der Waals surface area contributed by atoms with Gasteiger partial charge in [-0.25, -0.2) is 0 Å². The smallest absolute Gasteiger partial charge is 0.160 e. The molecule has 0 radical (unpaired) electrons. The number of hydrogen-bond acceptors (Lipinski definition) is 0. The number of rotatable bonds is 2. The van der Waals surface area contributed by atoms with Crippen LogP contribution in [0, 0.1) is 0 Å². The van der Waals surface area contributed by atoms with Gasteiger partial charge in [-0.15, -0.1) is 0 Å². The van der Waals surface area contributed by atoms with Crippen LogP contribution < -0.4 is 9.13 Å². The first kappa shape index (κ1) is 16.5. The van der Waals surface area contributed by atoms with Crippen molar-refractivity contribution in [2.75, 3.05) is 0 Å². The fourth-order valence-corrected chi connectivity index (χ4v) is 3.75. The highest BCUT2D eigenvalue weighted by molar-refractivity contribution is 5.81. The average Bonchev–Trinajstić information content (AvgIpc) is 3.06. The predicted molar refractivity (Wildman–Crippen MR) is 107 cm³/mol. The van der Waals surface area contributed by atoms with E-state index in [2.05, 4.69) is 110 Å². The van der Waals surface area contributed by atoms with E-state index in [9.17, 15) is 0 Å². The zero-order valence-corrected chi connectivity index (χ0v) is 15.8. The second-order valence-electron chi connectivity index (χ2n) is 6.90. The molecule has 0 unspecified atom stereocenters. The Hall–Kier alpha value is -3.00. The SMILES string of the molecule is CC1=C(C)c2cccc[n+]2\C1=C/C=C\C=C1\C(C)=C(C)c2cccc[n+]21. The summed E-state index contributed by atoms with van der Waals surface area (Å²) in [5.41, 5.74) is 10.4. The van der Waals surface area contributed by atoms with Crippen LogP contribution in [0.3, 0.4) is 0 Å². The quantitative estimate of drug-likeness (QED) is 0.693. The van der Waals surface area contributed by atoms with Crippen LogP contribution in [-0.4, -0.2) is 0 Å². The zero-order valence-electron chi connectivity index (χ0n) is 15.8. The van der Waals surface area contributed by atoms with Gasteiger partial charge in [-0.2, -0.15) is 9.13 Å². The van der Waals surface area contributed by atoms with Gasteiger partial charge >= 0.3 is 0 Å². The lowest BCUT2D eigenvalue weighted by Crippen LogP contribution is -2.32. The van der Waals surface area contributed by atoms with E-state index >= 15 is 0 Å². The van der Waals surface area contributed by atoms with Crippen molar-refractivity contribution in [3.63, 3.8) is 0 Å². The molecular weight excluding hydrogens is 316 g/mol. The summed E-state index contributed by atoms with van der Waals surface area (Å²) in [5.74, 6) is 0. The molecule has 4 heterocycles. The highest BCUT2D eigenvalue weighted by Crippen LogP contribution is 2.29. The van der Waals surface area contributed by atoms with Crippen LogP contribution in [0.15, 0.2) is 84.2 Å². The minimum atomic E-state index is 1.25. The minimum Gasteiger partial charge on any atom is -0.160 e. The van der Waals surface area contributed by atoms with Gasteiger partial charge in [0.2, 0.25) is 22.8 Å². The molecule has 0 bridgehead atoms. The maximum absolute atomic E-state index is 2.26. The van der Waals surface area contributed by atoms with Crippen LogP contribution in [0.2, 0.25) is 0 Å². The third kappa shape index (κ3) is 2.50. The van der Waals surface area contributed by atoms with E-state index in [0.717, 1.165) is 0 Å². The normalized spacial score (nSPS) is 19.2. The minimum absolute atomic E-state index is 1.25. The van der Waals surface area contributed by atoms with Crippen LogP contribution in [0.1, 0.15) is 39.1 Å². The molecule has 0 fully saturated rings. The molecule has 2 nitrogen and oxygen atoms in total. The summed E-state index contributed by atoms with van der Waals surface area (Å²) >= 11 is 0. The Labute approximate surface area is 155 Å². The fourth-order valence-electron chi connectivity index (χ4n) is 3.75. The van der Waals surface area contributed by atoms with Gasteiger partial charge in [-0.3, -0.25) is 0 Å². The van der Waals surface area contributed by atoms with E-state index in [1.807, 2.05) is 0 Å². The summed E-state index contributed by atoms with van der Waals surface area (Å²) in [6.45, 7) is 8.77. The molecule has 0 amide bonds. The fraction of sp³-hybridized carbons (Fsp3) is 0.167. The number of pyridine rings is 2. The first-order valence-electron chi connectivity index (χ1n) is 9.07.